The fourth-order valence-corrected chi connectivity index (χ4v) is 4.01. The summed E-state index contributed by atoms with van der Waals surface area (Å²) in [7, 11) is -2.34. The van der Waals surface area contributed by atoms with Crippen LogP contribution in [0.1, 0.15) is 18.4 Å². The van der Waals surface area contributed by atoms with Crippen LogP contribution in [-0.2, 0) is 21.4 Å². The van der Waals surface area contributed by atoms with E-state index in [4.69, 9.17) is 4.74 Å². The van der Waals surface area contributed by atoms with Gasteiger partial charge in [0, 0.05) is 38.6 Å². The first-order valence-electron chi connectivity index (χ1n) is 9.85. The average molecular weight is 459 g/mol. The molecule has 0 saturated heterocycles. The maximum absolute atomic E-state index is 13.0. The molecule has 168 valence electrons. The van der Waals surface area contributed by atoms with Gasteiger partial charge in [0.1, 0.15) is 12.4 Å². The highest BCUT2D eigenvalue weighted by molar-refractivity contribution is 7.89. The van der Waals surface area contributed by atoms with Gasteiger partial charge in [0.15, 0.2) is 11.6 Å². The van der Waals surface area contributed by atoms with E-state index < -0.39 is 15.8 Å². The topological polar surface area (TPSA) is 101 Å². The molecule has 0 bridgehead atoms. The minimum absolute atomic E-state index is 0.00433. The third-order valence-corrected chi connectivity index (χ3v) is 6.44. The van der Waals surface area contributed by atoms with Crippen LogP contribution in [0.5, 0.6) is 5.75 Å². The number of nitrogens with one attached hydrogen (secondary N) is 1. The van der Waals surface area contributed by atoms with Crippen LogP contribution in [-0.4, -0.2) is 42.2 Å². The van der Waals surface area contributed by atoms with Gasteiger partial charge in [-0.25, -0.2) is 22.1 Å². The number of hydrogen-bond acceptors (Lipinski definition) is 6. The summed E-state index contributed by atoms with van der Waals surface area (Å²) in [5, 5.41) is 2.70. The largest absolute Gasteiger partial charge is 0.485 e. The SMILES string of the molecule is CN(CCCC(=O)Nc1ncccc1OCc1ccncc1)S(=O)(=O)c1ccc(F)cc1. The molecular formula is C22H23FN4O4S. The number of amides is 1. The van der Waals surface area contributed by atoms with Gasteiger partial charge < -0.3 is 10.1 Å². The maximum atomic E-state index is 13.0. The van der Waals surface area contributed by atoms with Crippen molar-refractivity contribution in [2.75, 3.05) is 18.9 Å². The first-order valence-corrected chi connectivity index (χ1v) is 11.3. The van der Waals surface area contributed by atoms with E-state index in [9.17, 15) is 17.6 Å². The zero-order valence-electron chi connectivity index (χ0n) is 17.4. The maximum Gasteiger partial charge on any atom is 0.242 e. The van der Waals surface area contributed by atoms with Crippen LogP contribution in [0.25, 0.3) is 0 Å². The summed E-state index contributed by atoms with van der Waals surface area (Å²) in [6, 6.07) is 11.7. The van der Waals surface area contributed by atoms with Crippen molar-refractivity contribution in [3.05, 3.63) is 78.5 Å². The molecule has 0 aliphatic rings. The number of anilines is 1. The number of aromatic nitrogens is 2. The summed E-state index contributed by atoms with van der Waals surface area (Å²) in [5.74, 6) is -0.112. The number of pyridine rings is 2. The van der Waals surface area contributed by atoms with Gasteiger partial charge in [0.05, 0.1) is 4.90 Å². The van der Waals surface area contributed by atoms with Gasteiger partial charge in [0.2, 0.25) is 15.9 Å². The normalized spacial score (nSPS) is 11.3. The number of nitrogens with zero attached hydrogens (tertiary/aromatic N) is 3. The Morgan fingerprint density at radius 2 is 1.81 bits per heavy atom. The fraction of sp³-hybridized carbons (Fsp3) is 0.227. The lowest BCUT2D eigenvalue weighted by atomic mass is 10.3. The second kappa shape index (κ2) is 10.8. The molecule has 0 unspecified atom stereocenters. The second-order valence-corrected chi connectivity index (χ2v) is 8.97. The van der Waals surface area contributed by atoms with E-state index in [-0.39, 0.29) is 23.8 Å². The van der Waals surface area contributed by atoms with Crippen LogP contribution < -0.4 is 10.1 Å². The van der Waals surface area contributed by atoms with E-state index in [0.29, 0.717) is 24.6 Å². The minimum atomic E-state index is -3.75. The first kappa shape index (κ1) is 23.3. The van der Waals surface area contributed by atoms with Gasteiger partial charge in [-0.15, -0.1) is 0 Å². The predicted octanol–water partition coefficient (Wildman–Crippen LogP) is 3.23. The van der Waals surface area contributed by atoms with Gasteiger partial charge >= 0.3 is 0 Å². The zero-order chi connectivity index (χ0) is 23.0. The highest BCUT2D eigenvalue weighted by atomic mass is 32.2. The van der Waals surface area contributed by atoms with Crippen molar-refractivity contribution in [2.45, 2.75) is 24.3 Å². The van der Waals surface area contributed by atoms with Crippen molar-refractivity contribution in [1.82, 2.24) is 14.3 Å². The molecule has 1 N–H and O–H groups in total. The molecule has 32 heavy (non-hydrogen) atoms. The number of halogens is 1. The molecule has 0 atom stereocenters. The Labute approximate surface area is 186 Å². The predicted molar refractivity (Wildman–Crippen MR) is 117 cm³/mol. The monoisotopic (exact) mass is 458 g/mol. The third kappa shape index (κ3) is 6.32. The standard InChI is InChI=1S/C22H23FN4O4S/c1-27(32(29,30)19-8-6-18(23)7-9-19)15-3-5-21(28)26-22-20(4-2-12-25-22)31-16-17-10-13-24-14-11-17/h2,4,6-14H,3,5,15-16H2,1H3,(H,25,26,28). The Balaban J connectivity index is 1.51. The van der Waals surface area contributed by atoms with Crippen molar-refractivity contribution in [1.29, 1.82) is 0 Å². The Kier molecular flexibility index (Phi) is 7.85. The Morgan fingerprint density at radius 3 is 2.53 bits per heavy atom. The number of carbonyl (C=O) groups is 1. The summed E-state index contributed by atoms with van der Waals surface area (Å²) >= 11 is 0. The van der Waals surface area contributed by atoms with Crippen LogP contribution in [0.4, 0.5) is 10.2 Å². The van der Waals surface area contributed by atoms with Crippen LogP contribution in [0, 0.1) is 5.82 Å². The summed E-state index contributed by atoms with van der Waals surface area (Å²) < 4.78 is 45.0. The van der Waals surface area contributed by atoms with Gasteiger partial charge in [-0.05, 0) is 60.5 Å². The molecule has 1 aromatic carbocycles. The molecule has 2 heterocycles. The fourth-order valence-electron chi connectivity index (χ4n) is 2.80. The Morgan fingerprint density at radius 1 is 1.09 bits per heavy atom. The quantitative estimate of drug-likeness (QED) is 0.501. The molecule has 0 saturated carbocycles. The highest BCUT2D eigenvalue weighted by Gasteiger charge is 2.20. The number of benzene rings is 1. The van der Waals surface area contributed by atoms with Crippen LogP contribution >= 0.6 is 0 Å². The van der Waals surface area contributed by atoms with Crippen molar-refractivity contribution in [3.8, 4) is 5.75 Å². The lowest BCUT2D eigenvalue weighted by Crippen LogP contribution is -2.28. The Bertz CT molecular complexity index is 1140. The summed E-state index contributed by atoms with van der Waals surface area (Å²) in [5.41, 5.74) is 0.923. The van der Waals surface area contributed by atoms with Crippen molar-refractivity contribution in [3.63, 3.8) is 0 Å². The van der Waals surface area contributed by atoms with Gasteiger partial charge in [-0.2, -0.15) is 0 Å². The molecule has 0 aliphatic carbocycles. The van der Waals surface area contributed by atoms with E-state index in [1.54, 1.807) is 24.5 Å². The van der Waals surface area contributed by atoms with Crippen LogP contribution in [0.15, 0.2) is 72.0 Å². The molecular weight excluding hydrogens is 435 g/mol. The van der Waals surface area contributed by atoms with E-state index in [0.717, 1.165) is 22.0 Å². The van der Waals surface area contributed by atoms with Crippen LogP contribution in [0.2, 0.25) is 0 Å². The summed E-state index contributed by atoms with van der Waals surface area (Å²) in [6.07, 6.45) is 5.25. The molecule has 0 spiro atoms. The van der Waals surface area contributed by atoms with Crippen molar-refractivity contribution in [2.24, 2.45) is 0 Å². The minimum Gasteiger partial charge on any atom is -0.485 e. The molecule has 0 fully saturated rings. The van der Waals surface area contributed by atoms with Gasteiger partial charge in [0.25, 0.3) is 0 Å². The molecule has 0 radical (unpaired) electrons. The number of hydrogen-bond donors (Lipinski definition) is 1. The molecule has 8 nitrogen and oxygen atoms in total. The number of ether oxygens (including phenoxy) is 1. The Hall–Kier alpha value is -3.37. The summed E-state index contributed by atoms with van der Waals surface area (Å²) in [4.78, 5) is 20.5. The molecule has 2 aromatic heterocycles. The van der Waals surface area contributed by atoms with E-state index >= 15 is 0 Å². The van der Waals surface area contributed by atoms with E-state index in [1.807, 2.05) is 12.1 Å². The number of carbonyl (C=O) groups excluding carboxylic acids is 1. The lowest BCUT2D eigenvalue weighted by molar-refractivity contribution is -0.116. The number of sulfonamides is 1. The summed E-state index contributed by atoms with van der Waals surface area (Å²) in [6.45, 7) is 0.421. The van der Waals surface area contributed by atoms with Crippen molar-refractivity contribution < 1.29 is 22.3 Å². The average Bonchev–Trinajstić information content (AvgIpc) is 2.79. The smallest absolute Gasteiger partial charge is 0.242 e. The van der Waals surface area contributed by atoms with Crippen molar-refractivity contribution >= 4 is 21.7 Å². The molecule has 1 amide bonds. The molecule has 10 heteroatoms. The van der Waals surface area contributed by atoms with Gasteiger partial charge in [-0.1, -0.05) is 0 Å². The van der Waals surface area contributed by atoms with Crippen LogP contribution in [0.3, 0.4) is 0 Å². The third-order valence-electron chi connectivity index (χ3n) is 4.57. The molecule has 0 aliphatic heterocycles. The lowest BCUT2D eigenvalue weighted by Gasteiger charge is -2.17. The molecule has 3 aromatic rings. The zero-order valence-corrected chi connectivity index (χ0v) is 18.3. The van der Waals surface area contributed by atoms with Gasteiger partial charge in [-0.3, -0.25) is 9.78 Å². The first-order chi connectivity index (χ1) is 15.4. The number of rotatable bonds is 10. The highest BCUT2D eigenvalue weighted by Crippen LogP contribution is 2.22. The van der Waals surface area contributed by atoms with E-state index in [2.05, 4.69) is 15.3 Å². The van der Waals surface area contributed by atoms with E-state index in [1.165, 1.54) is 25.4 Å². The second-order valence-electron chi connectivity index (χ2n) is 6.93. The molecule has 3 rings (SSSR count).